The first-order valence-corrected chi connectivity index (χ1v) is 9.08. The summed E-state index contributed by atoms with van der Waals surface area (Å²) >= 11 is 0. The predicted molar refractivity (Wildman–Crippen MR) is 89.5 cm³/mol. The van der Waals surface area contributed by atoms with E-state index in [9.17, 15) is 0 Å². The van der Waals surface area contributed by atoms with Gasteiger partial charge in [-0.1, -0.05) is 77.6 Å². The molecule has 0 saturated heterocycles. The normalized spacial score (nSPS) is 12.7. The van der Waals surface area contributed by atoms with Gasteiger partial charge in [0.15, 0.2) is 0 Å². The molecule has 0 amide bonds. The fourth-order valence-corrected chi connectivity index (χ4v) is 2.55. The van der Waals surface area contributed by atoms with E-state index in [1.54, 1.807) is 0 Å². The Morgan fingerprint density at radius 2 is 1.24 bits per heavy atom. The molecule has 0 aromatic rings. The third-order valence-electron chi connectivity index (χ3n) is 3.90. The van der Waals surface area contributed by atoms with E-state index in [1.165, 1.54) is 77.7 Å². The van der Waals surface area contributed by atoms with Crippen molar-refractivity contribution >= 4 is 0 Å². The lowest BCUT2D eigenvalue weighted by molar-refractivity contribution is -0.279. The molecule has 1 atom stereocenters. The summed E-state index contributed by atoms with van der Waals surface area (Å²) in [4.78, 5) is 9.29. The maximum Gasteiger partial charge on any atom is 0.106 e. The summed E-state index contributed by atoms with van der Waals surface area (Å²) in [5.41, 5.74) is 0. The lowest BCUT2D eigenvalue weighted by Gasteiger charge is -2.12. The fraction of sp³-hybridized carbons (Fsp3) is 1.00. The molecule has 128 valence electrons. The second-order valence-corrected chi connectivity index (χ2v) is 5.99. The molecule has 0 N–H and O–H groups in total. The molecule has 0 aromatic carbocycles. The summed E-state index contributed by atoms with van der Waals surface area (Å²) in [6.07, 6.45) is 16.8. The quantitative estimate of drug-likeness (QED) is 0.197. The van der Waals surface area contributed by atoms with E-state index < -0.39 is 0 Å². The highest BCUT2D eigenvalue weighted by Gasteiger charge is 2.02. The Morgan fingerprint density at radius 3 is 1.76 bits per heavy atom. The SMILES string of the molecule is CCCCCCCCCCCCCC(C)OCCOOC. The van der Waals surface area contributed by atoms with Crippen LogP contribution in [0, 0.1) is 0 Å². The smallest absolute Gasteiger partial charge is 0.106 e. The average Bonchev–Trinajstić information content (AvgIpc) is 2.49. The summed E-state index contributed by atoms with van der Waals surface area (Å²) in [5, 5.41) is 0. The number of rotatable bonds is 17. The zero-order valence-electron chi connectivity index (χ0n) is 14.7. The standard InChI is InChI=1S/C18H38O3/c1-4-5-6-7-8-9-10-11-12-13-14-15-18(2)20-16-17-21-19-3/h18H,4-17H2,1-3H3. The van der Waals surface area contributed by atoms with Crippen LogP contribution in [0.25, 0.3) is 0 Å². The van der Waals surface area contributed by atoms with Crippen molar-refractivity contribution in [3.05, 3.63) is 0 Å². The van der Waals surface area contributed by atoms with Gasteiger partial charge in [0.1, 0.15) is 6.61 Å². The van der Waals surface area contributed by atoms with E-state index in [0.717, 1.165) is 6.42 Å². The maximum atomic E-state index is 5.63. The van der Waals surface area contributed by atoms with Gasteiger partial charge in [-0.2, -0.15) is 0 Å². The Morgan fingerprint density at radius 1 is 0.714 bits per heavy atom. The number of unbranched alkanes of at least 4 members (excludes halogenated alkanes) is 10. The van der Waals surface area contributed by atoms with Crippen LogP contribution < -0.4 is 0 Å². The van der Waals surface area contributed by atoms with Gasteiger partial charge < -0.3 is 4.74 Å². The van der Waals surface area contributed by atoms with Crippen LogP contribution in [0.15, 0.2) is 0 Å². The fourth-order valence-electron chi connectivity index (χ4n) is 2.55. The van der Waals surface area contributed by atoms with Crippen molar-refractivity contribution in [3.8, 4) is 0 Å². The minimum Gasteiger partial charge on any atom is -0.376 e. The van der Waals surface area contributed by atoms with E-state index in [-0.39, 0.29) is 0 Å². The van der Waals surface area contributed by atoms with Crippen molar-refractivity contribution in [2.45, 2.75) is 97.0 Å². The number of ether oxygens (including phenoxy) is 1. The summed E-state index contributed by atoms with van der Waals surface area (Å²) in [5.74, 6) is 0. The first kappa shape index (κ1) is 20.9. The largest absolute Gasteiger partial charge is 0.376 e. The molecule has 0 heterocycles. The van der Waals surface area contributed by atoms with E-state index >= 15 is 0 Å². The van der Waals surface area contributed by atoms with Crippen molar-refractivity contribution in [2.24, 2.45) is 0 Å². The Labute approximate surface area is 132 Å². The van der Waals surface area contributed by atoms with Crippen LogP contribution in [0.4, 0.5) is 0 Å². The lowest BCUT2D eigenvalue weighted by Crippen LogP contribution is -2.12. The van der Waals surface area contributed by atoms with Gasteiger partial charge in [-0.15, -0.1) is 0 Å². The lowest BCUT2D eigenvalue weighted by atomic mass is 10.0. The second-order valence-electron chi connectivity index (χ2n) is 5.99. The van der Waals surface area contributed by atoms with Crippen LogP contribution in [-0.2, 0) is 14.5 Å². The van der Waals surface area contributed by atoms with Crippen molar-refractivity contribution in [2.75, 3.05) is 20.3 Å². The third kappa shape index (κ3) is 17.8. The van der Waals surface area contributed by atoms with Gasteiger partial charge in [0, 0.05) is 0 Å². The second kappa shape index (κ2) is 17.9. The van der Waals surface area contributed by atoms with Crippen molar-refractivity contribution < 1.29 is 14.5 Å². The molecule has 0 saturated carbocycles. The zero-order chi connectivity index (χ0) is 15.6. The summed E-state index contributed by atoms with van der Waals surface area (Å²) in [6, 6.07) is 0. The highest BCUT2D eigenvalue weighted by molar-refractivity contribution is 4.53. The van der Waals surface area contributed by atoms with Gasteiger partial charge in [0.25, 0.3) is 0 Å². The Balaban J connectivity index is 3.07. The maximum absolute atomic E-state index is 5.63. The van der Waals surface area contributed by atoms with Crippen molar-refractivity contribution in [1.82, 2.24) is 0 Å². The molecule has 0 aliphatic carbocycles. The van der Waals surface area contributed by atoms with Gasteiger partial charge >= 0.3 is 0 Å². The van der Waals surface area contributed by atoms with Gasteiger partial charge in [-0.05, 0) is 13.3 Å². The monoisotopic (exact) mass is 302 g/mol. The molecule has 0 fully saturated rings. The highest BCUT2D eigenvalue weighted by Crippen LogP contribution is 2.13. The van der Waals surface area contributed by atoms with E-state index in [2.05, 4.69) is 18.7 Å². The highest BCUT2D eigenvalue weighted by atomic mass is 17.2. The first-order valence-electron chi connectivity index (χ1n) is 9.08. The molecule has 3 heteroatoms. The predicted octanol–water partition coefficient (Wildman–Crippen LogP) is 5.67. The topological polar surface area (TPSA) is 27.7 Å². The van der Waals surface area contributed by atoms with E-state index in [1.807, 2.05) is 0 Å². The summed E-state index contributed by atoms with van der Waals surface area (Å²) < 4.78 is 5.63. The molecule has 0 radical (unpaired) electrons. The molecule has 0 bridgehead atoms. The third-order valence-corrected chi connectivity index (χ3v) is 3.90. The molecule has 1 unspecified atom stereocenters. The molecular weight excluding hydrogens is 264 g/mol. The van der Waals surface area contributed by atoms with E-state index in [4.69, 9.17) is 9.62 Å². The van der Waals surface area contributed by atoms with E-state index in [0.29, 0.717) is 19.3 Å². The molecule has 0 aliphatic rings. The zero-order valence-corrected chi connectivity index (χ0v) is 14.7. The minimum atomic E-state index is 0.337. The molecular formula is C18H38O3. The van der Waals surface area contributed by atoms with Gasteiger partial charge in [0.2, 0.25) is 0 Å². The van der Waals surface area contributed by atoms with Crippen LogP contribution in [0.5, 0.6) is 0 Å². The Hall–Kier alpha value is -0.120. The summed E-state index contributed by atoms with van der Waals surface area (Å²) in [7, 11) is 1.52. The number of hydrogen-bond acceptors (Lipinski definition) is 3. The van der Waals surface area contributed by atoms with Crippen LogP contribution in [0.3, 0.4) is 0 Å². The molecule has 0 aliphatic heterocycles. The number of hydrogen-bond donors (Lipinski definition) is 0. The molecule has 0 spiro atoms. The molecule has 0 aromatic heterocycles. The molecule has 0 rings (SSSR count). The average molecular weight is 302 g/mol. The van der Waals surface area contributed by atoms with Crippen LogP contribution in [-0.4, -0.2) is 26.4 Å². The molecule has 3 nitrogen and oxygen atoms in total. The van der Waals surface area contributed by atoms with Crippen LogP contribution in [0.1, 0.15) is 90.9 Å². The van der Waals surface area contributed by atoms with Crippen molar-refractivity contribution in [3.63, 3.8) is 0 Å². The summed E-state index contributed by atoms with van der Waals surface area (Å²) in [6.45, 7) is 5.55. The first-order chi connectivity index (χ1) is 10.3. The Bertz CT molecular complexity index is 185. The van der Waals surface area contributed by atoms with Crippen molar-refractivity contribution in [1.29, 1.82) is 0 Å². The minimum absolute atomic E-state index is 0.337. The Kier molecular flexibility index (Phi) is 17.8. The van der Waals surface area contributed by atoms with Gasteiger partial charge in [-0.3, -0.25) is 0 Å². The van der Waals surface area contributed by atoms with Gasteiger partial charge in [-0.25, -0.2) is 9.78 Å². The van der Waals surface area contributed by atoms with Crippen LogP contribution >= 0.6 is 0 Å². The van der Waals surface area contributed by atoms with Gasteiger partial charge in [0.05, 0.1) is 19.8 Å². The molecule has 21 heavy (non-hydrogen) atoms. The van der Waals surface area contributed by atoms with Crippen LogP contribution in [0.2, 0.25) is 0 Å².